The van der Waals surface area contributed by atoms with Crippen LogP contribution in [0.2, 0.25) is 0 Å². The number of para-hydroxylation sites is 1. The third kappa shape index (κ3) is 9.08. The van der Waals surface area contributed by atoms with Crippen LogP contribution in [0.25, 0.3) is 49.9 Å². The maximum Gasteiger partial charge on any atom is 0.158 e. The summed E-state index contributed by atoms with van der Waals surface area (Å²) in [6.45, 7) is 37.4. The molecule has 10 rings (SSSR count). The summed E-state index contributed by atoms with van der Waals surface area (Å²) in [6.07, 6.45) is 3.84. The first-order chi connectivity index (χ1) is 34.4. The Labute approximate surface area is 434 Å². The summed E-state index contributed by atoms with van der Waals surface area (Å²) < 4.78 is 9.14. The number of hydrogen-bond acceptors (Lipinski definition) is 5. The van der Waals surface area contributed by atoms with Crippen molar-refractivity contribution in [3.05, 3.63) is 184 Å². The summed E-state index contributed by atoms with van der Waals surface area (Å²) in [4.78, 5) is 14.9. The fourth-order valence-electron chi connectivity index (χ4n) is 11.0. The first-order valence-electron chi connectivity index (χ1n) is 26.1. The Morgan fingerprint density at radius 3 is 1.58 bits per heavy atom. The second kappa shape index (κ2) is 17.8. The van der Waals surface area contributed by atoms with Gasteiger partial charge in [0.25, 0.3) is 0 Å². The summed E-state index contributed by atoms with van der Waals surface area (Å²) >= 11 is 0. The average Bonchev–Trinajstić information content (AvgIpc) is 3.86. The lowest BCUT2D eigenvalue weighted by Crippen LogP contribution is -2.26. The van der Waals surface area contributed by atoms with Gasteiger partial charge in [-0.3, -0.25) is 4.57 Å². The molecule has 0 bridgehead atoms. The molecule has 0 saturated heterocycles. The van der Waals surface area contributed by atoms with Gasteiger partial charge in [0.05, 0.1) is 22.4 Å². The average molecular weight is 964 g/mol. The standard InChI is InChI=1S/C67H73N5O/c1-41-31-46(65(8,9)10)32-42(2)60(41)54-35-48(67(14,15)16)36-55(61-43(3)33-47(34-44(61)4)66(11,12)13)62(54)71-40-70(63-57(71)25-20-29-69-63)49-21-19-22-50(38-49)73-51-26-27-53-52-23-17-18-24-56(52)72(58(53)39-51)59-37-45(28-30-68-59)64(5,6)7/h17-39H,40H2,1-16H3. The van der Waals surface area contributed by atoms with Crippen LogP contribution in [0.3, 0.4) is 0 Å². The highest BCUT2D eigenvalue weighted by Crippen LogP contribution is 2.53. The predicted molar refractivity (Wildman–Crippen MR) is 310 cm³/mol. The predicted octanol–water partition coefficient (Wildman–Crippen LogP) is 18.4. The van der Waals surface area contributed by atoms with E-state index in [1.807, 2.05) is 18.5 Å². The van der Waals surface area contributed by atoms with E-state index in [-0.39, 0.29) is 21.7 Å². The molecule has 4 heterocycles. The SMILES string of the molecule is Cc1cc(C(C)(C)C)cc(C)c1-c1cc(C(C)(C)C)cc(-c2c(C)cc(C(C)(C)C)cc2C)c1N1CN(c2cccc(Oc3ccc4c5ccccc5n(-c5cc(C(C)(C)C)ccn5)c4c3)c2)c2ncccc21. The molecular weight excluding hydrogens is 891 g/mol. The molecule has 0 fully saturated rings. The van der Waals surface area contributed by atoms with Gasteiger partial charge in [0.1, 0.15) is 24.0 Å². The Bertz CT molecular complexity index is 3480. The summed E-state index contributed by atoms with van der Waals surface area (Å²) in [5.41, 5.74) is 20.7. The molecule has 0 N–H and O–H groups in total. The maximum atomic E-state index is 6.88. The van der Waals surface area contributed by atoms with Gasteiger partial charge in [-0.05, 0) is 172 Å². The fourth-order valence-corrected chi connectivity index (χ4v) is 11.0. The van der Waals surface area contributed by atoms with Crippen LogP contribution in [-0.2, 0) is 21.7 Å². The number of aryl methyl sites for hydroxylation is 4. The van der Waals surface area contributed by atoms with E-state index in [0.29, 0.717) is 6.67 Å². The summed E-state index contributed by atoms with van der Waals surface area (Å²) in [6, 6.07) is 46.7. The van der Waals surface area contributed by atoms with Gasteiger partial charge in [-0.1, -0.05) is 132 Å². The molecule has 1 aliphatic heterocycles. The van der Waals surface area contributed by atoms with Crippen LogP contribution in [0, 0.1) is 27.7 Å². The topological polar surface area (TPSA) is 46.4 Å². The quantitative estimate of drug-likeness (QED) is 0.159. The van der Waals surface area contributed by atoms with Crippen molar-refractivity contribution in [1.82, 2.24) is 14.5 Å². The van der Waals surface area contributed by atoms with E-state index in [2.05, 4.69) is 246 Å². The number of fused-ring (bicyclic) bond motifs is 4. The van der Waals surface area contributed by atoms with Gasteiger partial charge in [-0.15, -0.1) is 0 Å². The largest absolute Gasteiger partial charge is 0.457 e. The smallest absolute Gasteiger partial charge is 0.158 e. The third-order valence-corrected chi connectivity index (χ3v) is 15.0. The van der Waals surface area contributed by atoms with E-state index < -0.39 is 0 Å². The summed E-state index contributed by atoms with van der Waals surface area (Å²) in [5.74, 6) is 3.29. The van der Waals surface area contributed by atoms with Crippen molar-refractivity contribution in [3.8, 4) is 39.6 Å². The molecule has 0 radical (unpaired) electrons. The zero-order valence-corrected chi connectivity index (χ0v) is 46.1. The number of nitrogens with zero attached hydrogens (tertiary/aromatic N) is 5. The Balaban J connectivity index is 1.12. The van der Waals surface area contributed by atoms with Crippen LogP contribution < -0.4 is 14.5 Å². The number of hydrogen-bond donors (Lipinski definition) is 0. The molecule has 6 aromatic carbocycles. The minimum atomic E-state index is -0.116. The first-order valence-corrected chi connectivity index (χ1v) is 26.1. The molecule has 372 valence electrons. The highest BCUT2D eigenvalue weighted by atomic mass is 16.5. The van der Waals surface area contributed by atoms with Crippen LogP contribution in [-0.4, -0.2) is 21.2 Å². The van der Waals surface area contributed by atoms with Gasteiger partial charge in [0, 0.05) is 52.1 Å². The van der Waals surface area contributed by atoms with Gasteiger partial charge in [0.15, 0.2) is 5.82 Å². The Hall–Kier alpha value is -7.18. The molecule has 0 atom stereocenters. The molecule has 6 nitrogen and oxygen atoms in total. The summed E-state index contributed by atoms with van der Waals surface area (Å²) in [7, 11) is 0. The lowest BCUT2D eigenvalue weighted by Gasteiger charge is -2.32. The number of anilines is 4. The minimum Gasteiger partial charge on any atom is -0.457 e. The number of benzene rings is 6. The van der Waals surface area contributed by atoms with E-state index in [4.69, 9.17) is 14.7 Å². The second-order valence-corrected chi connectivity index (χ2v) is 24.8. The number of ether oxygens (including phenoxy) is 1. The van der Waals surface area contributed by atoms with Crippen LogP contribution in [0.5, 0.6) is 11.5 Å². The normalized spacial score (nSPS) is 13.4. The molecule has 3 aromatic heterocycles. The lowest BCUT2D eigenvalue weighted by molar-refractivity contribution is 0.483. The van der Waals surface area contributed by atoms with Crippen LogP contribution >= 0.6 is 0 Å². The monoisotopic (exact) mass is 964 g/mol. The molecule has 0 spiro atoms. The van der Waals surface area contributed by atoms with E-state index in [9.17, 15) is 0 Å². The van der Waals surface area contributed by atoms with Gasteiger partial charge in [-0.2, -0.15) is 0 Å². The number of rotatable bonds is 7. The fraction of sp³-hybridized carbons (Fsp3) is 0.313. The van der Waals surface area contributed by atoms with Crippen LogP contribution in [0.15, 0.2) is 140 Å². The Morgan fingerprint density at radius 1 is 0.438 bits per heavy atom. The molecule has 0 saturated carbocycles. The Morgan fingerprint density at radius 2 is 0.986 bits per heavy atom. The molecular formula is C67H73N5O. The zero-order chi connectivity index (χ0) is 52.1. The molecule has 0 aliphatic carbocycles. The number of aromatic nitrogens is 3. The van der Waals surface area contributed by atoms with Crippen molar-refractivity contribution in [3.63, 3.8) is 0 Å². The van der Waals surface area contributed by atoms with Crippen molar-refractivity contribution < 1.29 is 4.74 Å². The second-order valence-electron chi connectivity index (χ2n) is 24.8. The highest BCUT2D eigenvalue weighted by Gasteiger charge is 2.35. The molecule has 9 aromatic rings. The van der Waals surface area contributed by atoms with E-state index in [1.165, 1.54) is 77.8 Å². The van der Waals surface area contributed by atoms with Gasteiger partial charge in [-0.25, -0.2) is 9.97 Å². The number of pyridine rings is 2. The van der Waals surface area contributed by atoms with E-state index >= 15 is 0 Å². The molecule has 0 amide bonds. The van der Waals surface area contributed by atoms with Crippen molar-refractivity contribution in [2.24, 2.45) is 0 Å². The van der Waals surface area contributed by atoms with Gasteiger partial charge < -0.3 is 14.5 Å². The minimum absolute atomic E-state index is 0.0134. The Kier molecular flexibility index (Phi) is 12.0. The zero-order valence-electron chi connectivity index (χ0n) is 46.1. The first kappa shape index (κ1) is 49.4. The molecule has 1 aliphatic rings. The third-order valence-electron chi connectivity index (χ3n) is 15.0. The van der Waals surface area contributed by atoms with Crippen LogP contribution in [0.4, 0.5) is 22.9 Å². The van der Waals surface area contributed by atoms with Crippen molar-refractivity contribution in [1.29, 1.82) is 0 Å². The van der Waals surface area contributed by atoms with Crippen molar-refractivity contribution >= 4 is 44.7 Å². The van der Waals surface area contributed by atoms with Gasteiger partial charge >= 0.3 is 0 Å². The van der Waals surface area contributed by atoms with Crippen molar-refractivity contribution in [2.45, 2.75) is 132 Å². The summed E-state index contributed by atoms with van der Waals surface area (Å²) in [5, 5.41) is 2.33. The lowest BCUT2D eigenvalue weighted by atomic mass is 9.77. The highest BCUT2D eigenvalue weighted by molar-refractivity contribution is 6.09. The van der Waals surface area contributed by atoms with Gasteiger partial charge in [0.2, 0.25) is 0 Å². The molecule has 73 heavy (non-hydrogen) atoms. The molecule has 0 unspecified atom stereocenters. The van der Waals surface area contributed by atoms with E-state index in [1.54, 1.807) is 0 Å². The van der Waals surface area contributed by atoms with Crippen LogP contribution in [0.1, 0.15) is 128 Å². The van der Waals surface area contributed by atoms with E-state index in [0.717, 1.165) is 50.9 Å². The maximum absolute atomic E-state index is 6.88. The van der Waals surface area contributed by atoms with Crippen molar-refractivity contribution in [2.75, 3.05) is 16.5 Å². The molecule has 6 heteroatoms.